The number of nitrogens with zero attached hydrogens (tertiary/aromatic N) is 3. The first-order valence-corrected chi connectivity index (χ1v) is 9.97. The quantitative estimate of drug-likeness (QED) is 0.377. The monoisotopic (exact) mass is 475 g/mol. The van der Waals surface area contributed by atoms with Crippen LogP contribution in [-0.2, 0) is 6.18 Å². The van der Waals surface area contributed by atoms with Gasteiger partial charge in [0.2, 0.25) is 5.95 Å². The summed E-state index contributed by atoms with van der Waals surface area (Å²) in [6.45, 7) is 0. The van der Waals surface area contributed by atoms with Crippen molar-refractivity contribution in [2.75, 3.05) is 19.4 Å². The average Bonchev–Trinajstić information content (AvgIpc) is 3.15. The Morgan fingerprint density at radius 1 is 1.09 bits per heavy atom. The summed E-state index contributed by atoms with van der Waals surface area (Å²) in [4.78, 5) is 24.9. The van der Waals surface area contributed by atoms with Gasteiger partial charge in [-0.05, 0) is 36.4 Å². The van der Waals surface area contributed by atoms with E-state index in [9.17, 15) is 18.0 Å². The molecule has 0 saturated carbocycles. The van der Waals surface area contributed by atoms with E-state index in [4.69, 9.17) is 16.3 Å². The predicted octanol–water partition coefficient (Wildman–Crippen LogP) is 5.87. The number of fused-ring (bicyclic) bond motifs is 1. The van der Waals surface area contributed by atoms with Gasteiger partial charge in [0, 0.05) is 38.1 Å². The summed E-state index contributed by atoms with van der Waals surface area (Å²) >= 11 is 5.66. The Bertz CT molecular complexity index is 1340. The Kier molecular flexibility index (Phi) is 5.86. The van der Waals surface area contributed by atoms with E-state index in [2.05, 4.69) is 20.3 Å². The molecule has 0 aliphatic heterocycles. The molecule has 0 atom stereocenters. The van der Waals surface area contributed by atoms with Crippen LogP contribution in [0.3, 0.4) is 0 Å². The van der Waals surface area contributed by atoms with Crippen molar-refractivity contribution in [2.45, 2.75) is 6.18 Å². The standard InChI is InChI=1S/C22H17ClF3N5O2/c1-31(2)20(32)19-11-14(7-8-27-19)33-13-4-6-17-18(10-13)30-21(29-17)28-12-3-5-16(23)15(9-12)22(24,25)26/h3-11H,1-2H3,(H2,28,29,30). The number of ether oxygens (including phenoxy) is 1. The second-order valence-corrected chi connectivity index (χ2v) is 7.67. The van der Waals surface area contributed by atoms with Gasteiger partial charge in [-0.15, -0.1) is 0 Å². The molecule has 0 aliphatic carbocycles. The third-order valence-corrected chi connectivity index (χ3v) is 4.91. The van der Waals surface area contributed by atoms with Crippen LogP contribution in [0.2, 0.25) is 5.02 Å². The van der Waals surface area contributed by atoms with Crippen molar-refractivity contribution in [1.29, 1.82) is 0 Å². The van der Waals surface area contributed by atoms with Gasteiger partial charge in [0.15, 0.2) is 0 Å². The number of benzene rings is 2. The number of carbonyl (C=O) groups is 1. The van der Waals surface area contributed by atoms with Crippen molar-refractivity contribution in [3.05, 3.63) is 71.0 Å². The van der Waals surface area contributed by atoms with Crippen LogP contribution >= 0.6 is 11.6 Å². The van der Waals surface area contributed by atoms with Crippen molar-refractivity contribution in [1.82, 2.24) is 19.9 Å². The van der Waals surface area contributed by atoms with E-state index < -0.39 is 11.7 Å². The third kappa shape index (κ3) is 5.01. The minimum Gasteiger partial charge on any atom is -0.457 e. The maximum Gasteiger partial charge on any atom is 0.417 e. The SMILES string of the molecule is CN(C)C(=O)c1cc(Oc2ccc3nc(Nc4ccc(Cl)c(C(F)(F)F)c4)[nH]c3c2)ccn1. The summed E-state index contributed by atoms with van der Waals surface area (Å²) in [6.07, 6.45) is -3.09. The first kappa shape index (κ1) is 22.4. The van der Waals surface area contributed by atoms with Gasteiger partial charge in [0.25, 0.3) is 5.91 Å². The summed E-state index contributed by atoms with van der Waals surface area (Å²) in [6, 6.07) is 11.7. The Morgan fingerprint density at radius 2 is 1.85 bits per heavy atom. The molecule has 4 rings (SSSR count). The fourth-order valence-electron chi connectivity index (χ4n) is 3.03. The fourth-order valence-corrected chi connectivity index (χ4v) is 3.25. The van der Waals surface area contributed by atoms with Gasteiger partial charge in [-0.1, -0.05) is 11.6 Å². The largest absolute Gasteiger partial charge is 0.457 e. The van der Waals surface area contributed by atoms with Gasteiger partial charge in [-0.3, -0.25) is 9.78 Å². The van der Waals surface area contributed by atoms with Crippen molar-refractivity contribution in [2.24, 2.45) is 0 Å². The molecular formula is C22H17ClF3N5O2. The number of rotatable bonds is 5. The summed E-state index contributed by atoms with van der Waals surface area (Å²) in [7, 11) is 3.26. The molecule has 4 aromatic rings. The van der Waals surface area contributed by atoms with Crippen molar-refractivity contribution in [3.63, 3.8) is 0 Å². The molecule has 0 fully saturated rings. The molecule has 7 nitrogen and oxygen atoms in total. The number of carbonyl (C=O) groups excluding carboxylic acids is 1. The fraction of sp³-hybridized carbons (Fsp3) is 0.136. The highest BCUT2D eigenvalue weighted by Gasteiger charge is 2.33. The number of pyridine rings is 1. The van der Waals surface area contributed by atoms with Gasteiger partial charge in [0.1, 0.15) is 17.2 Å². The summed E-state index contributed by atoms with van der Waals surface area (Å²) in [5.41, 5.74) is 0.655. The van der Waals surface area contributed by atoms with Crippen LogP contribution in [0.1, 0.15) is 16.1 Å². The zero-order chi connectivity index (χ0) is 23.8. The molecule has 0 radical (unpaired) electrons. The first-order chi connectivity index (χ1) is 15.6. The van der Waals surface area contributed by atoms with Gasteiger partial charge in [0.05, 0.1) is 21.6 Å². The predicted molar refractivity (Wildman–Crippen MR) is 118 cm³/mol. The number of alkyl halides is 3. The molecule has 170 valence electrons. The van der Waals surface area contributed by atoms with E-state index >= 15 is 0 Å². The number of imidazole rings is 1. The minimum atomic E-state index is -4.57. The number of halogens is 4. The van der Waals surface area contributed by atoms with Crippen LogP contribution in [0.15, 0.2) is 54.7 Å². The normalized spacial score (nSPS) is 11.5. The topological polar surface area (TPSA) is 83.1 Å². The molecule has 0 spiro atoms. The molecular weight excluding hydrogens is 459 g/mol. The molecule has 0 aliphatic rings. The van der Waals surface area contributed by atoms with Gasteiger partial charge >= 0.3 is 6.18 Å². The van der Waals surface area contributed by atoms with E-state index in [0.29, 0.717) is 22.5 Å². The van der Waals surface area contributed by atoms with E-state index in [1.54, 1.807) is 38.4 Å². The van der Waals surface area contributed by atoms with Crippen LogP contribution in [-0.4, -0.2) is 39.9 Å². The second-order valence-electron chi connectivity index (χ2n) is 7.26. The molecule has 11 heteroatoms. The molecule has 2 aromatic carbocycles. The highest BCUT2D eigenvalue weighted by molar-refractivity contribution is 6.31. The number of aromatic amines is 1. The minimum absolute atomic E-state index is 0.178. The molecule has 1 amide bonds. The highest BCUT2D eigenvalue weighted by atomic mass is 35.5. The van der Waals surface area contributed by atoms with Crippen LogP contribution in [0.4, 0.5) is 24.8 Å². The highest BCUT2D eigenvalue weighted by Crippen LogP contribution is 2.36. The number of amides is 1. The van der Waals surface area contributed by atoms with E-state index in [-0.39, 0.29) is 28.3 Å². The number of H-pyrrole nitrogens is 1. The smallest absolute Gasteiger partial charge is 0.417 e. The van der Waals surface area contributed by atoms with Crippen LogP contribution in [0.25, 0.3) is 11.0 Å². The Labute approximate surface area is 191 Å². The lowest BCUT2D eigenvalue weighted by molar-refractivity contribution is -0.137. The molecule has 0 saturated heterocycles. The van der Waals surface area contributed by atoms with Crippen molar-refractivity contribution in [3.8, 4) is 11.5 Å². The molecule has 0 bridgehead atoms. The lowest BCUT2D eigenvalue weighted by Crippen LogP contribution is -2.22. The van der Waals surface area contributed by atoms with Crippen LogP contribution in [0, 0.1) is 0 Å². The summed E-state index contributed by atoms with van der Waals surface area (Å²) in [5, 5.41) is 2.43. The van der Waals surface area contributed by atoms with Crippen molar-refractivity contribution >= 4 is 40.2 Å². The zero-order valence-corrected chi connectivity index (χ0v) is 18.1. The maximum atomic E-state index is 13.1. The molecule has 33 heavy (non-hydrogen) atoms. The number of anilines is 2. The summed E-state index contributed by atoms with van der Waals surface area (Å²) in [5.74, 6) is 0.891. The lowest BCUT2D eigenvalue weighted by Gasteiger charge is -2.11. The average molecular weight is 476 g/mol. The Hall–Kier alpha value is -3.79. The Balaban J connectivity index is 1.55. The lowest BCUT2D eigenvalue weighted by atomic mass is 10.2. The number of nitrogens with one attached hydrogen (secondary N) is 2. The Morgan fingerprint density at radius 3 is 2.58 bits per heavy atom. The molecule has 0 unspecified atom stereocenters. The summed E-state index contributed by atoms with van der Waals surface area (Å²) < 4.78 is 45.1. The number of hydrogen-bond donors (Lipinski definition) is 2. The van der Waals surface area contributed by atoms with Gasteiger partial charge in [-0.25, -0.2) is 4.98 Å². The third-order valence-electron chi connectivity index (χ3n) is 4.58. The molecule has 2 aromatic heterocycles. The molecule has 2 N–H and O–H groups in total. The van der Waals surface area contributed by atoms with Crippen LogP contribution < -0.4 is 10.1 Å². The zero-order valence-electron chi connectivity index (χ0n) is 17.4. The van der Waals surface area contributed by atoms with Gasteiger partial charge in [-0.2, -0.15) is 13.2 Å². The maximum absolute atomic E-state index is 13.1. The van der Waals surface area contributed by atoms with E-state index in [1.807, 2.05) is 0 Å². The van der Waals surface area contributed by atoms with E-state index in [1.165, 1.54) is 29.3 Å². The van der Waals surface area contributed by atoms with Gasteiger partial charge < -0.3 is 19.9 Å². The van der Waals surface area contributed by atoms with Crippen LogP contribution in [0.5, 0.6) is 11.5 Å². The number of hydrogen-bond acceptors (Lipinski definition) is 5. The molecule has 2 heterocycles. The first-order valence-electron chi connectivity index (χ1n) is 9.59. The van der Waals surface area contributed by atoms with E-state index in [0.717, 1.165) is 6.07 Å². The van der Waals surface area contributed by atoms with Crippen molar-refractivity contribution < 1.29 is 22.7 Å². The second kappa shape index (κ2) is 8.62. The number of aromatic nitrogens is 3.